The fourth-order valence-corrected chi connectivity index (χ4v) is 2.51. The Bertz CT molecular complexity index is 667. The van der Waals surface area contributed by atoms with Gasteiger partial charge in [-0.05, 0) is 29.8 Å². The van der Waals surface area contributed by atoms with E-state index in [0.29, 0.717) is 12.2 Å². The molecule has 0 aliphatic carbocycles. The first-order chi connectivity index (χ1) is 9.69. The van der Waals surface area contributed by atoms with Crippen molar-refractivity contribution in [2.24, 2.45) is 0 Å². The molecule has 2 N–H and O–H groups in total. The number of methoxy groups -OCH3 is 1. The van der Waals surface area contributed by atoms with Gasteiger partial charge in [0.25, 0.3) is 0 Å². The predicted molar refractivity (Wildman–Crippen MR) is 76.4 cm³/mol. The van der Waals surface area contributed by atoms with Crippen LogP contribution < -0.4 is 10.1 Å². The van der Waals surface area contributed by atoms with Crippen LogP contribution in [-0.4, -0.2) is 18.0 Å². The lowest BCUT2D eigenvalue weighted by Gasteiger charge is -2.26. The zero-order valence-electron chi connectivity index (χ0n) is 11.1. The lowest BCUT2D eigenvalue weighted by atomic mass is 9.92. The summed E-state index contributed by atoms with van der Waals surface area (Å²) in [4.78, 5) is 12.2. The molecule has 0 saturated carbocycles. The van der Waals surface area contributed by atoms with Crippen molar-refractivity contribution < 1.29 is 14.6 Å². The summed E-state index contributed by atoms with van der Waals surface area (Å²) in [6.07, 6.45) is 0.378. The van der Waals surface area contributed by atoms with Gasteiger partial charge in [0.1, 0.15) is 0 Å². The number of aromatic hydroxyl groups is 1. The molecule has 0 radical (unpaired) electrons. The maximum Gasteiger partial charge on any atom is 0.167 e. The molecule has 0 spiro atoms. The average Bonchev–Trinajstić information content (AvgIpc) is 2.47. The van der Waals surface area contributed by atoms with Gasteiger partial charge in [0, 0.05) is 17.7 Å². The van der Waals surface area contributed by atoms with Crippen molar-refractivity contribution in [1.29, 1.82) is 0 Å². The average molecular weight is 269 g/mol. The molecule has 3 rings (SSSR count). The minimum atomic E-state index is -0.130. The number of benzene rings is 2. The van der Waals surface area contributed by atoms with E-state index in [1.54, 1.807) is 12.1 Å². The number of rotatable bonds is 2. The number of para-hydroxylation sites is 1. The van der Waals surface area contributed by atoms with Crippen LogP contribution in [0, 0.1) is 0 Å². The summed E-state index contributed by atoms with van der Waals surface area (Å²) in [5, 5.41) is 13.2. The van der Waals surface area contributed by atoms with Crippen molar-refractivity contribution in [1.82, 2.24) is 0 Å². The van der Waals surface area contributed by atoms with Gasteiger partial charge in [-0.3, -0.25) is 4.79 Å². The fourth-order valence-electron chi connectivity index (χ4n) is 2.51. The van der Waals surface area contributed by atoms with E-state index < -0.39 is 0 Å². The third-order valence-corrected chi connectivity index (χ3v) is 3.55. The van der Waals surface area contributed by atoms with Crippen molar-refractivity contribution in [3.63, 3.8) is 0 Å². The Hall–Kier alpha value is -2.49. The van der Waals surface area contributed by atoms with Crippen LogP contribution in [0.5, 0.6) is 11.5 Å². The van der Waals surface area contributed by atoms with Gasteiger partial charge < -0.3 is 15.2 Å². The molecule has 4 nitrogen and oxygen atoms in total. The quantitative estimate of drug-likeness (QED) is 0.879. The Morgan fingerprint density at radius 2 is 2.05 bits per heavy atom. The molecule has 102 valence electrons. The molecular weight excluding hydrogens is 254 g/mol. The summed E-state index contributed by atoms with van der Waals surface area (Å²) in [6.45, 7) is 0. The number of ether oxygens (including phenoxy) is 1. The topological polar surface area (TPSA) is 58.6 Å². The number of hydrogen-bond donors (Lipinski definition) is 2. The normalized spacial score (nSPS) is 17.2. The second kappa shape index (κ2) is 4.89. The zero-order valence-corrected chi connectivity index (χ0v) is 11.1. The van der Waals surface area contributed by atoms with Gasteiger partial charge in [-0.15, -0.1) is 0 Å². The molecule has 0 amide bonds. The van der Waals surface area contributed by atoms with Gasteiger partial charge in [0.05, 0.1) is 13.2 Å². The van der Waals surface area contributed by atoms with E-state index >= 15 is 0 Å². The van der Waals surface area contributed by atoms with E-state index in [1.165, 1.54) is 7.11 Å². The molecule has 1 aliphatic heterocycles. The van der Waals surface area contributed by atoms with Crippen LogP contribution in [0.3, 0.4) is 0 Å². The number of fused-ring (bicyclic) bond motifs is 1. The minimum absolute atomic E-state index is 0.0816. The van der Waals surface area contributed by atoms with E-state index in [4.69, 9.17) is 4.74 Å². The van der Waals surface area contributed by atoms with Crippen molar-refractivity contribution in [2.75, 3.05) is 12.4 Å². The lowest BCUT2D eigenvalue weighted by Crippen LogP contribution is -2.22. The number of carbonyl (C=O) groups excluding carboxylic acids is 1. The molecule has 1 heterocycles. The first-order valence-electron chi connectivity index (χ1n) is 6.44. The Morgan fingerprint density at radius 1 is 1.25 bits per heavy atom. The number of Topliss-reactive ketones (excluding diaryl/α,β-unsaturated/α-hetero) is 1. The van der Waals surface area contributed by atoms with Crippen LogP contribution in [0.25, 0.3) is 0 Å². The number of ketones is 1. The fraction of sp³-hybridized carbons (Fsp3) is 0.188. The number of phenols is 1. The summed E-state index contributed by atoms with van der Waals surface area (Å²) < 4.78 is 5.03. The molecule has 0 saturated heterocycles. The molecule has 0 fully saturated rings. The lowest BCUT2D eigenvalue weighted by molar-refractivity contribution is 0.0972. The molecule has 1 unspecified atom stereocenters. The molecule has 0 aromatic heterocycles. The smallest absolute Gasteiger partial charge is 0.167 e. The molecule has 2 aromatic carbocycles. The van der Waals surface area contributed by atoms with Crippen molar-refractivity contribution in [3.05, 3.63) is 53.6 Å². The predicted octanol–water partition coefficient (Wildman–Crippen LogP) is 3.14. The first kappa shape index (κ1) is 12.5. The maximum absolute atomic E-state index is 12.2. The van der Waals surface area contributed by atoms with Crippen LogP contribution in [0.1, 0.15) is 28.4 Å². The summed E-state index contributed by atoms with van der Waals surface area (Å²) in [6, 6.07) is 12.5. The third kappa shape index (κ3) is 2.09. The maximum atomic E-state index is 12.2. The van der Waals surface area contributed by atoms with Gasteiger partial charge in [0.15, 0.2) is 17.3 Å². The summed E-state index contributed by atoms with van der Waals surface area (Å²) in [7, 11) is 1.51. The second-order valence-corrected chi connectivity index (χ2v) is 4.80. The van der Waals surface area contributed by atoms with Gasteiger partial charge in [-0.2, -0.15) is 0 Å². The molecule has 2 aromatic rings. The van der Waals surface area contributed by atoms with Crippen molar-refractivity contribution in [2.45, 2.75) is 12.5 Å². The van der Waals surface area contributed by atoms with Crippen LogP contribution in [0.4, 0.5) is 5.69 Å². The summed E-state index contributed by atoms with van der Waals surface area (Å²) in [5.41, 5.74) is 2.43. The number of carbonyl (C=O) groups is 1. The Labute approximate surface area is 117 Å². The Morgan fingerprint density at radius 3 is 2.80 bits per heavy atom. The van der Waals surface area contributed by atoms with Crippen LogP contribution >= 0.6 is 0 Å². The molecule has 0 bridgehead atoms. The monoisotopic (exact) mass is 269 g/mol. The molecule has 4 heteroatoms. The Kier molecular flexibility index (Phi) is 3.06. The van der Waals surface area contributed by atoms with Crippen molar-refractivity contribution >= 4 is 11.5 Å². The highest BCUT2D eigenvalue weighted by molar-refractivity contribution is 6.03. The largest absolute Gasteiger partial charge is 0.504 e. The Balaban J connectivity index is 1.94. The van der Waals surface area contributed by atoms with Crippen LogP contribution in [-0.2, 0) is 0 Å². The third-order valence-electron chi connectivity index (χ3n) is 3.55. The van der Waals surface area contributed by atoms with Gasteiger partial charge in [-0.1, -0.05) is 18.2 Å². The minimum Gasteiger partial charge on any atom is -0.504 e. The summed E-state index contributed by atoms with van der Waals surface area (Å²) >= 11 is 0. The van der Waals surface area contributed by atoms with Gasteiger partial charge in [-0.25, -0.2) is 0 Å². The van der Waals surface area contributed by atoms with E-state index in [2.05, 4.69) is 5.32 Å². The van der Waals surface area contributed by atoms with E-state index in [0.717, 1.165) is 16.8 Å². The van der Waals surface area contributed by atoms with Crippen LogP contribution in [0.15, 0.2) is 42.5 Å². The highest BCUT2D eigenvalue weighted by Crippen LogP contribution is 2.35. The molecule has 1 atom stereocenters. The van der Waals surface area contributed by atoms with Crippen molar-refractivity contribution in [3.8, 4) is 11.5 Å². The first-order valence-corrected chi connectivity index (χ1v) is 6.44. The number of nitrogens with one attached hydrogen (secondary N) is 1. The molecule has 1 aliphatic rings. The van der Waals surface area contributed by atoms with E-state index in [9.17, 15) is 9.90 Å². The molecule has 20 heavy (non-hydrogen) atoms. The number of anilines is 1. The standard InChI is InChI=1S/C16H15NO3/c1-20-16-7-6-10(8-15(16)19)13-9-14(18)11-4-2-3-5-12(11)17-13/h2-8,13,17,19H,9H2,1H3. The SMILES string of the molecule is COc1ccc(C2CC(=O)c3ccccc3N2)cc1O. The summed E-state index contributed by atoms with van der Waals surface area (Å²) in [5.74, 6) is 0.619. The second-order valence-electron chi connectivity index (χ2n) is 4.80. The van der Waals surface area contributed by atoms with Gasteiger partial charge in [0.2, 0.25) is 0 Å². The number of phenolic OH excluding ortho intramolecular Hbond substituents is 1. The highest BCUT2D eigenvalue weighted by Gasteiger charge is 2.25. The van der Waals surface area contributed by atoms with Gasteiger partial charge >= 0.3 is 0 Å². The molecular formula is C16H15NO3. The highest BCUT2D eigenvalue weighted by atomic mass is 16.5. The van der Waals surface area contributed by atoms with E-state index in [1.807, 2.05) is 30.3 Å². The zero-order chi connectivity index (χ0) is 14.1. The van der Waals surface area contributed by atoms with E-state index in [-0.39, 0.29) is 17.6 Å². The van der Waals surface area contributed by atoms with Crippen LogP contribution in [0.2, 0.25) is 0 Å². The number of hydrogen-bond acceptors (Lipinski definition) is 4.